The zero-order valence-electron chi connectivity index (χ0n) is 10.3. The van der Waals surface area contributed by atoms with Crippen LogP contribution in [0.4, 0.5) is 0 Å². The normalized spacial score (nSPS) is 11.1. The van der Waals surface area contributed by atoms with Gasteiger partial charge in [-0.15, -0.1) is 11.3 Å². The molecule has 0 nitrogen and oxygen atoms in total. The lowest BCUT2D eigenvalue weighted by Gasteiger charge is -2.03. The molecule has 0 fully saturated rings. The van der Waals surface area contributed by atoms with Crippen molar-refractivity contribution in [1.82, 2.24) is 0 Å². The first-order valence-corrected chi connectivity index (χ1v) is 7.11. The SMILES string of the molecule is Cc1ccccc1-c1sc2ccc(Cl)cc2c1C. The first-order chi connectivity index (χ1) is 8.66. The van der Waals surface area contributed by atoms with Gasteiger partial charge in [0.15, 0.2) is 0 Å². The summed E-state index contributed by atoms with van der Waals surface area (Å²) in [5.74, 6) is 0. The Labute approximate surface area is 116 Å². The zero-order valence-corrected chi connectivity index (χ0v) is 11.9. The molecule has 2 aromatic carbocycles. The molecule has 3 rings (SSSR count). The summed E-state index contributed by atoms with van der Waals surface area (Å²) in [6.45, 7) is 4.34. The summed E-state index contributed by atoms with van der Waals surface area (Å²) in [6.07, 6.45) is 0. The molecule has 0 radical (unpaired) electrons. The van der Waals surface area contributed by atoms with E-state index in [1.807, 2.05) is 17.4 Å². The topological polar surface area (TPSA) is 0 Å². The van der Waals surface area contributed by atoms with Gasteiger partial charge in [0.25, 0.3) is 0 Å². The number of hydrogen-bond donors (Lipinski definition) is 0. The van der Waals surface area contributed by atoms with Crippen LogP contribution in [0.3, 0.4) is 0 Å². The van der Waals surface area contributed by atoms with E-state index in [2.05, 4.69) is 50.2 Å². The molecular formula is C16H13ClS. The van der Waals surface area contributed by atoms with Gasteiger partial charge < -0.3 is 0 Å². The second-order valence-electron chi connectivity index (χ2n) is 4.51. The average Bonchev–Trinajstić information content (AvgIpc) is 2.68. The van der Waals surface area contributed by atoms with Gasteiger partial charge in [0.05, 0.1) is 0 Å². The molecule has 0 atom stereocenters. The van der Waals surface area contributed by atoms with Gasteiger partial charge in [0, 0.05) is 14.6 Å². The van der Waals surface area contributed by atoms with E-state index in [0.29, 0.717) is 0 Å². The van der Waals surface area contributed by atoms with Gasteiger partial charge in [0.2, 0.25) is 0 Å². The minimum absolute atomic E-state index is 0.805. The van der Waals surface area contributed by atoms with E-state index < -0.39 is 0 Å². The number of rotatable bonds is 1. The number of benzene rings is 2. The summed E-state index contributed by atoms with van der Waals surface area (Å²) in [6, 6.07) is 14.7. The van der Waals surface area contributed by atoms with Gasteiger partial charge in [-0.05, 0) is 54.1 Å². The first-order valence-electron chi connectivity index (χ1n) is 5.91. The highest BCUT2D eigenvalue weighted by molar-refractivity contribution is 7.22. The molecule has 0 aliphatic rings. The van der Waals surface area contributed by atoms with Crippen LogP contribution in [-0.4, -0.2) is 0 Å². The Balaban J connectivity index is 2.31. The van der Waals surface area contributed by atoms with Crippen LogP contribution in [0.1, 0.15) is 11.1 Å². The van der Waals surface area contributed by atoms with Gasteiger partial charge in [-0.2, -0.15) is 0 Å². The van der Waals surface area contributed by atoms with Crippen LogP contribution in [0.2, 0.25) is 5.02 Å². The Bertz CT molecular complexity index is 725. The summed E-state index contributed by atoms with van der Waals surface area (Å²) < 4.78 is 1.30. The Morgan fingerprint density at radius 1 is 1.00 bits per heavy atom. The Hall–Kier alpha value is -1.31. The quantitative estimate of drug-likeness (QED) is 0.522. The Morgan fingerprint density at radius 3 is 2.56 bits per heavy atom. The molecule has 0 saturated carbocycles. The molecule has 0 saturated heterocycles. The van der Waals surface area contributed by atoms with E-state index in [9.17, 15) is 0 Å². The second-order valence-corrected chi connectivity index (χ2v) is 6.00. The van der Waals surface area contributed by atoms with Crippen LogP contribution in [0.15, 0.2) is 42.5 Å². The Morgan fingerprint density at radius 2 is 1.78 bits per heavy atom. The van der Waals surface area contributed by atoms with Crippen LogP contribution in [0.25, 0.3) is 20.5 Å². The van der Waals surface area contributed by atoms with Crippen LogP contribution in [-0.2, 0) is 0 Å². The number of halogens is 1. The molecule has 0 bridgehead atoms. The van der Waals surface area contributed by atoms with Gasteiger partial charge in [-0.3, -0.25) is 0 Å². The maximum Gasteiger partial charge on any atom is 0.0413 e. The summed E-state index contributed by atoms with van der Waals surface area (Å²) >= 11 is 7.92. The minimum atomic E-state index is 0.805. The van der Waals surface area contributed by atoms with E-state index in [1.54, 1.807) is 0 Å². The van der Waals surface area contributed by atoms with Crippen molar-refractivity contribution in [3.05, 3.63) is 58.6 Å². The number of hydrogen-bond acceptors (Lipinski definition) is 1. The van der Waals surface area contributed by atoms with Crippen molar-refractivity contribution in [1.29, 1.82) is 0 Å². The lowest BCUT2D eigenvalue weighted by Crippen LogP contribution is -1.81. The fourth-order valence-corrected chi connectivity index (χ4v) is 3.73. The van der Waals surface area contributed by atoms with Crippen molar-refractivity contribution in [2.75, 3.05) is 0 Å². The van der Waals surface area contributed by atoms with Gasteiger partial charge in [-0.1, -0.05) is 35.9 Å². The molecule has 90 valence electrons. The first kappa shape index (κ1) is 11.8. The molecular weight excluding hydrogens is 260 g/mol. The second kappa shape index (κ2) is 4.42. The highest BCUT2D eigenvalue weighted by Crippen LogP contribution is 2.40. The number of fused-ring (bicyclic) bond motifs is 1. The summed E-state index contributed by atoms with van der Waals surface area (Å²) in [5, 5.41) is 2.07. The molecule has 2 heteroatoms. The Kier molecular flexibility index (Phi) is 2.89. The van der Waals surface area contributed by atoms with Gasteiger partial charge in [-0.25, -0.2) is 0 Å². The standard InChI is InChI=1S/C16H13ClS/c1-10-5-3-4-6-13(10)16-11(2)14-9-12(17)7-8-15(14)18-16/h3-9H,1-2H3. The lowest BCUT2D eigenvalue weighted by atomic mass is 10.0. The molecule has 0 aliphatic heterocycles. The molecule has 0 unspecified atom stereocenters. The molecule has 0 aliphatic carbocycles. The summed E-state index contributed by atoms with van der Waals surface area (Å²) in [7, 11) is 0. The maximum absolute atomic E-state index is 6.08. The van der Waals surface area contributed by atoms with E-state index in [-0.39, 0.29) is 0 Å². The molecule has 0 N–H and O–H groups in total. The van der Waals surface area contributed by atoms with E-state index in [4.69, 9.17) is 11.6 Å². The predicted octanol–water partition coefficient (Wildman–Crippen LogP) is 5.84. The molecule has 18 heavy (non-hydrogen) atoms. The summed E-state index contributed by atoms with van der Waals surface area (Å²) in [4.78, 5) is 1.35. The number of aryl methyl sites for hydroxylation is 2. The average molecular weight is 273 g/mol. The highest BCUT2D eigenvalue weighted by Gasteiger charge is 2.11. The predicted molar refractivity (Wildman–Crippen MR) is 81.7 cm³/mol. The fraction of sp³-hybridized carbons (Fsp3) is 0.125. The van der Waals surface area contributed by atoms with Crippen LogP contribution < -0.4 is 0 Å². The smallest absolute Gasteiger partial charge is 0.0413 e. The maximum atomic E-state index is 6.08. The van der Waals surface area contributed by atoms with Crippen molar-refractivity contribution in [2.24, 2.45) is 0 Å². The third-order valence-corrected chi connectivity index (χ3v) is 4.83. The van der Waals surface area contributed by atoms with Crippen molar-refractivity contribution in [2.45, 2.75) is 13.8 Å². The zero-order chi connectivity index (χ0) is 12.7. The van der Waals surface area contributed by atoms with Gasteiger partial charge in [0.1, 0.15) is 0 Å². The van der Waals surface area contributed by atoms with Crippen molar-refractivity contribution < 1.29 is 0 Å². The monoisotopic (exact) mass is 272 g/mol. The third kappa shape index (κ3) is 1.84. The molecule has 0 amide bonds. The third-order valence-electron chi connectivity index (χ3n) is 3.29. The molecule has 1 heterocycles. The van der Waals surface area contributed by atoms with Crippen LogP contribution in [0, 0.1) is 13.8 Å². The lowest BCUT2D eigenvalue weighted by molar-refractivity contribution is 1.46. The van der Waals surface area contributed by atoms with E-state index >= 15 is 0 Å². The van der Waals surface area contributed by atoms with E-state index in [0.717, 1.165) is 5.02 Å². The van der Waals surface area contributed by atoms with Crippen molar-refractivity contribution >= 4 is 33.0 Å². The van der Waals surface area contributed by atoms with Crippen LogP contribution >= 0.6 is 22.9 Å². The molecule has 0 spiro atoms. The summed E-state index contributed by atoms with van der Waals surface area (Å²) in [5.41, 5.74) is 3.97. The number of thiophene rings is 1. The van der Waals surface area contributed by atoms with Crippen molar-refractivity contribution in [3.8, 4) is 10.4 Å². The van der Waals surface area contributed by atoms with E-state index in [1.165, 1.54) is 31.7 Å². The van der Waals surface area contributed by atoms with Gasteiger partial charge >= 0.3 is 0 Å². The molecule has 1 aromatic heterocycles. The fourth-order valence-electron chi connectivity index (χ4n) is 2.28. The van der Waals surface area contributed by atoms with Crippen molar-refractivity contribution in [3.63, 3.8) is 0 Å². The molecule has 3 aromatic rings. The highest BCUT2D eigenvalue weighted by atomic mass is 35.5. The minimum Gasteiger partial charge on any atom is -0.135 e. The van der Waals surface area contributed by atoms with Crippen LogP contribution in [0.5, 0.6) is 0 Å². The largest absolute Gasteiger partial charge is 0.135 e.